The fourth-order valence-corrected chi connectivity index (χ4v) is 2.17. The first-order valence-electron chi connectivity index (χ1n) is 6.42. The molecular weight excluding hydrogens is 224 g/mol. The molecule has 0 bridgehead atoms. The second-order valence-corrected chi connectivity index (χ2v) is 4.44. The van der Waals surface area contributed by atoms with Crippen LogP contribution in [0.3, 0.4) is 0 Å². The van der Waals surface area contributed by atoms with Crippen molar-refractivity contribution >= 4 is 5.69 Å². The van der Waals surface area contributed by atoms with E-state index in [0.29, 0.717) is 6.54 Å². The Morgan fingerprint density at radius 1 is 1.22 bits per heavy atom. The summed E-state index contributed by atoms with van der Waals surface area (Å²) in [5, 5.41) is 4.58. The maximum Gasteiger partial charge on any atom is 0.0854 e. The quantitative estimate of drug-likeness (QED) is 0.898. The predicted molar refractivity (Wildman–Crippen MR) is 73.5 cm³/mol. The van der Waals surface area contributed by atoms with Crippen LogP contribution in [0.25, 0.3) is 0 Å². The highest BCUT2D eigenvalue weighted by molar-refractivity contribution is 5.48. The molecule has 2 heterocycles. The molecule has 0 atom stereocenters. The summed E-state index contributed by atoms with van der Waals surface area (Å²) in [6.45, 7) is 6.87. The summed E-state index contributed by atoms with van der Waals surface area (Å²) >= 11 is 0. The molecule has 0 aliphatic rings. The van der Waals surface area contributed by atoms with Gasteiger partial charge in [0, 0.05) is 5.69 Å². The van der Waals surface area contributed by atoms with Crippen molar-refractivity contribution < 1.29 is 0 Å². The van der Waals surface area contributed by atoms with Crippen LogP contribution in [0.15, 0.2) is 18.2 Å². The van der Waals surface area contributed by atoms with Gasteiger partial charge in [-0.15, -0.1) is 0 Å². The number of aryl methyl sites for hydroxylation is 2. The van der Waals surface area contributed by atoms with Crippen molar-refractivity contribution in [2.75, 3.05) is 5.73 Å². The maximum atomic E-state index is 6.10. The van der Waals surface area contributed by atoms with Crippen LogP contribution < -0.4 is 5.73 Å². The minimum Gasteiger partial charge on any atom is -0.396 e. The van der Waals surface area contributed by atoms with Gasteiger partial charge in [-0.05, 0) is 31.9 Å². The maximum absolute atomic E-state index is 6.10. The normalized spacial score (nSPS) is 10.8. The molecule has 2 aromatic rings. The molecule has 0 aromatic carbocycles. The van der Waals surface area contributed by atoms with Crippen molar-refractivity contribution in [3.8, 4) is 0 Å². The Hall–Kier alpha value is -1.84. The van der Waals surface area contributed by atoms with Crippen LogP contribution >= 0.6 is 0 Å². The van der Waals surface area contributed by atoms with Gasteiger partial charge in [0.25, 0.3) is 0 Å². The molecule has 4 nitrogen and oxygen atoms in total. The Morgan fingerprint density at radius 3 is 2.61 bits per heavy atom. The lowest BCUT2D eigenvalue weighted by Crippen LogP contribution is -2.08. The zero-order chi connectivity index (χ0) is 13.1. The minimum atomic E-state index is 0.690. The first kappa shape index (κ1) is 12.6. The largest absolute Gasteiger partial charge is 0.396 e. The van der Waals surface area contributed by atoms with Gasteiger partial charge in [-0.1, -0.05) is 19.9 Å². The Balaban J connectivity index is 2.34. The molecule has 2 rings (SSSR count). The Labute approximate surface area is 108 Å². The molecule has 0 saturated carbocycles. The highest BCUT2D eigenvalue weighted by Crippen LogP contribution is 2.19. The molecule has 0 unspecified atom stereocenters. The zero-order valence-corrected chi connectivity index (χ0v) is 11.3. The molecular formula is C14H20N4. The van der Waals surface area contributed by atoms with Gasteiger partial charge in [0.15, 0.2) is 0 Å². The summed E-state index contributed by atoms with van der Waals surface area (Å²) in [6.07, 6.45) is 1.76. The summed E-state index contributed by atoms with van der Waals surface area (Å²) < 4.78 is 1.98. The summed E-state index contributed by atoms with van der Waals surface area (Å²) in [7, 11) is 0. The molecule has 2 aromatic heterocycles. The first-order chi connectivity index (χ1) is 8.65. The average molecular weight is 244 g/mol. The Morgan fingerprint density at radius 2 is 2.00 bits per heavy atom. The van der Waals surface area contributed by atoms with Crippen molar-refractivity contribution in [2.45, 2.75) is 40.2 Å². The lowest BCUT2D eigenvalue weighted by Gasteiger charge is -2.06. The second kappa shape index (κ2) is 5.21. The summed E-state index contributed by atoms with van der Waals surface area (Å²) in [4.78, 5) is 4.51. The summed E-state index contributed by atoms with van der Waals surface area (Å²) in [5.41, 5.74) is 11.1. The number of aromatic nitrogens is 3. The fourth-order valence-electron chi connectivity index (χ4n) is 2.17. The third-order valence-electron chi connectivity index (χ3n) is 3.10. The zero-order valence-electron chi connectivity index (χ0n) is 11.3. The smallest absolute Gasteiger partial charge is 0.0854 e. The monoisotopic (exact) mass is 244 g/mol. The van der Waals surface area contributed by atoms with Gasteiger partial charge in [-0.25, -0.2) is 0 Å². The van der Waals surface area contributed by atoms with Crippen LogP contribution in [-0.4, -0.2) is 14.8 Å². The second-order valence-electron chi connectivity index (χ2n) is 4.44. The average Bonchev–Trinajstić information content (AvgIpc) is 2.65. The van der Waals surface area contributed by atoms with Gasteiger partial charge in [-0.2, -0.15) is 5.10 Å². The highest BCUT2D eigenvalue weighted by Gasteiger charge is 2.12. The number of nitrogen functional groups attached to an aromatic ring is 1. The fraction of sp³-hybridized carbons (Fsp3) is 0.429. The van der Waals surface area contributed by atoms with E-state index in [4.69, 9.17) is 5.73 Å². The number of anilines is 1. The van der Waals surface area contributed by atoms with Crippen molar-refractivity contribution in [3.63, 3.8) is 0 Å². The van der Waals surface area contributed by atoms with Gasteiger partial charge in [0.2, 0.25) is 0 Å². The van der Waals surface area contributed by atoms with E-state index in [1.807, 2.05) is 29.8 Å². The van der Waals surface area contributed by atoms with Crippen molar-refractivity contribution in [1.29, 1.82) is 0 Å². The van der Waals surface area contributed by atoms with Crippen molar-refractivity contribution in [2.24, 2.45) is 0 Å². The van der Waals surface area contributed by atoms with E-state index in [9.17, 15) is 0 Å². The number of pyridine rings is 1. The molecule has 18 heavy (non-hydrogen) atoms. The first-order valence-corrected chi connectivity index (χ1v) is 6.42. The third kappa shape index (κ3) is 2.37. The topological polar surface area (TPSA) is 56.7 Å². The van der Waals surface area contributed by atoms with E-state index in [-0.39, 0.29) is 0 Å². The van der Waals surface area contributed by atoms with E-state index < -0.39 is 0 Å². The Bertz CT molecular complexity index is 543. The summed E-state index contributed by atoms with van der Waals surface area (Å²) in [6, 6.07) is 6.05. The number of hydrogen-bond donors (Lipinski definition) is 1. The van der Waals surface area contributed by atoms with Crippen LogP contribution in [0.4, 0.5) is 5.69 Å². The van der Waals surface area contributed by atoms with E-state index in [1.165, 1.54) is 0 Å². The van der Waals surface area contributed by atoms with Gasteiger partial charge in [0.1, 0.15) is 0 Å². The van der Waals surface area contributed by atoms with Gasteiger partial charge >= 0.3 is 0 Å². The number of rotatable bonds is 4. The minimum absolute atomic E-state index is 0.690. The van der Waals surface area contributed by atoms with Crippen LogP contribution in [0.5, 0.6) is 0 Å². The van der Waals surface area contributed by atoms with Crippen LogP contribution in [0.2, 0.25) is 0 Å². The van der Waals surface area contributed by atoms with Crippen LogP contribution in [-0.2, 0) is 19.4 Å². The van der Waals surface area contributed by atoms with Crippen molar-refractivity contribution in [3.05, 3.63) is 41.0 Å². The lowest BCUT2D eigenvalue weighted by atomic mass is 10.2. The van der Waals surface area contributed by atoms with E-state index >= 15 is 0 Å². The van der Waals surface area contributed by atoms with Gasteiger partial charge in [-0.3, -0.25) is 9.67 Å². The van der Waals surface area contributed by atoms with Crippen LogP contribution in [0.1, 0.15) is 36.6 Å². The van der Waals surface area contributed by atoms with E-state index in [0.717, 1.165) is 41.3 Å². The number of nitrogens with zero attached hydrogens (tertiary/aromatic N) is 3. The molecule has 2 N–H and O–H groups in total. The molecule has 0 aliphatic heterocycles. The standard InChI is InChI=1S/C14H20N4/c1-4-12-14(15)13(5-2)18(17-12)9-11-8-6-7-10(3)16-11/h6-8H,4-5,9,15H2,1-3H3. The molecule has 0 amide bonds. The predicted octanol–water partition coefficient (Wildman–Crippen LogP) is 2.34. The third-order valence-corrected chi connectivity index (χ3v) is 3.10. The van der Waals surface area contributed by atoms with Gasteiger partial charge < -0.3 is 5.73 Å². The molecule has 0 saturated heterocycles. The molecule has 0 radical (unpaired) electrons. The van der Waals surface area contributed by atoms with Gasteiger partial charge in [0.05, 0.1) is 29.3 Å². The van der Waals surface area contributed by atoms with Crippen molar-refractivity contribution in [1.82, 2.24) is 14.8 Å². The number of nitrogens with two attached hydrogens (primary N) is 1. The summed E-state index contributed by atoms with van der Waals surface area (Å²) in [5.74, 6) is 0. The molecule has 0 fully saturated rings. The highest BCUT2D eigenvalue weighted by atomic mass is 15.3. The molecule has 0 aliphatic carbocycles. The van der Waals surface area contributed by atoms with E-state index in [2.05, 4.69) is 23.9 Å². The number of hydrogen-bond acceptors (Lipinski definition) is 3. The molecule has 96 valence electrons. The Kier molecular flexibility index (Phi) is 3.65. The van der Waals surface area contributed by atoms with E-state index in [1.54, 1.807) is 0 Å². The molecule has 0 spiro atoms. The van der Waals surface area contributed by atoms with Crippen LogP contribution in [0, 0.1) is 6.92 Å². The SMILES string of the molecule is CCc1nn(Cc2cccc(C)n2)c(CC)c1N. The molecule has 4 heteroatoms. The lowest BCUT2D eigenvalue weighted by molar-refractivity contribution is 0.629.